The van der Waals surface area contributed by atoms with Crippen molar-refractivity contribution in [3.63, 3.8) is 0 Å². The number of fused-ring (bicyclic) bond motifs is 3. The lowest BCUT2D eigenvalue weighted by Crippen LogP contribution is -2.14. The maximum atomic E-state index is 13.3. The van der Waals surface area contributed by atoms with E-state index in [1.807, 2.05) is 17.4 Å². The number of nitrogens with one attached hydrogen (secondary N) is 1. The van der Waals surface area contributed by atoms with Crippen LogP contribution in [-0.2, 0) is 23.4 Å². The van der Waals surface area contributed by atoms with Crippen LogP contribution in [0.1, 0.15) is 34.2 Å². The van der Waals surface area contributed by atoms with Gasteiger partial charge in [-0.1, -0.05) is 13.0 Å². The van der Waals surface area contributed by atoms with Crippen molar-refractivity contribution in [3.8, 4) is 0 Å². The van der Waals surface area contributed by atoms with Crippen LogP contribution in [0.15, 0.2) is 29.2 Å². The van der Waals surface area contributed by atoms with Gasteiger partial charge in [-0.15, -0.1) is 23.1 Å². The quantitative estimate of drug-likeness (QED) is 0.794. The summed E-state index contributed by atoms with van der Waals surface area (Å²) in [5.74, 6) is 1.11. The van der Waals surface area contributed by atoms with E-state index in [1.54, 1.807) is 23.9 Å². The lowest BCUT2D eigenvalue weighted by Gasteiger charge is -2.19. The van der Waals surface area contributed by atoms with Gasteiger partial charge >= 0.3 is 0 Å². The van der Waals surface area contributed by atoms with E-state index in [0.29, 0.717) is 10.6 Å². The van der Waals surface area contributed by atoms with Crippen molar-refractivity contribution in [2.45, 2.75) is 31.9 Å². The third kappa shape index (κ3) is 3.03. The third-order valence-corrected chi connectivity index (χ3v) is 6.88. The molecule has 1 amide bonds. The summed E-state index contributed by atoms with van der Waals surface area (Å²) in [5.41, 5.74) is 3.45. The van der Waals surface area contributed by atoms with E-state index in [0.717, 1.165) is 18.1 Å². The van der Waals surface area contributed by atoms with Crippen LogP contribution in [0.5, 0.6) is 0 Å². The summed E-state index contributed by atoms with van der Waals surface area (Å²) in [6.07, 6.45) is 5.60. The molecule has 0 spiro atoms. The van der Waals surface area contributed by atoms with Crippen LogP contribution in [-0.4, -0.2) is 5.91 Å². The lowest BCUT2D eigenvalue weighted by molar-refractivity contribution is -0.112. The Morgan fingerprint density at radius 1 is 1.33 bits per heavy atom. The highest BCUT2D eigenvalue weighted by atomic mass is 32.2. The standard InChI is InChI=1S/C19H18FNOS2/c1-11-5-6-14-15-10-23-18(9-17(15)24-16(14)7-11)19(22)21-13-4-2-3-12(20)8-13/h2-4,8-9,11H,5-7,10H2,1H3,(H,21,22)/t11-/m0/s1. The number of rotatable bonds is 2. The monoisotopic (exact) mass is 359 g/mol. The summed E-state index contributed by atoms with van der Waals surface area (Å²) in [6, 6.07) is 6.00. The van der Waals surface area contributed by atoms with Crippen molar-refractivity contribution in [1.29, 1.82) is 0 Å². The Labute approximate surface area is 149 Å². The molecule has 0 fully saturated rings. The number of hydrogen-bond donors (Lipinski definition) is 1. The zero-order valence-electron chi connectivity index (χ0n) is 13.4. The van der Waals surface area contributed by atoms with Gasteiger partial charge < -0.3 is 5.32 Å². The number of anilines is 1. The normalized spacial score (nSPS) is 19.2. The van der Waals surface area contributed by atoms with Gasteiger partial charge in [0.2, 0.25) is 0 Å². The van der Waals surface area contributed by atoms with Gasteiger partial charge in [0, 0.05) is 21.2 Å². The van der Waals surface area contributed by atoms with Gasteiger partial charge in [-0.05, 0) is 60.6 Å². The highest BCUT2D eigenvalue weighted by Crippen LogP contribution is 2.43. The second kappa shape index (κ2) is 6.37. The zero-order chi connectivity index (χ0) is 16.7. The molecule has 1 N–H and O–H groups in total. The minimum Gasteiger partial charge on any atom is -0.321 e. The summed E-state index contributed by atoms with van der Waals surface area (Å²) in [4.78, 5) is 15.9. The van der Waals surface area contributed by atoms with Crippen LogP contribution in [0.2, 0.25) is 0 Å². The van der Waals surface area contributed by atoms with E-state index in [1.165, 1.54) is 45.9 Å². The molecule has 0 saturated carbocycles. The highest BCUT2D eigenvalue weighted by Gasteiger charge is 2.26. The molecule has 2 nitrogen and oxygen atoms in total. The Morgan fingerprint density at radius 3 is 3.04 bits per heavy atom. The van der Waals surface area contributed by atoms with Gasteiger partial charge in [0.05, 0.1) is 4.91 Å². The first-order valence-electron chi connectivity index (χ1n) is 8.15. The maximum Gasteiger partial charge on any atom is 0.262 e. The molecule has 1 aliphatic carbocycles. The smallest absolute Gasteiger partial charge is 0.262 e. The van der Waals surface area contributed by atoms with Crippen molar-refractivity contribution in [1.82, 2.24) is 0 Å². The molecule has 4 rings (SSSR count). The maximum absolute atomic E-state index is 13.3. The number of thioether (sulfide) groups is 1. The third-order valence-electron chi connectivity index (χ3n) is 4.59. The summed E-state index contributed by atoms with van der Waals surface area (Å²) in [7, 11) is 0. The van der Waals surface area contributed by atoms with Crippen LogP contribution in [0.4, 0.5) is 10.1 Å². The Morgan fingerprint density at radius 2 is 2.21 bits per heavy atom. The fourth-order valence-corrected chi connectivity index (χ4v) is 5.97. The molecule has 124 valence electrons. The minimum atomic E-state index is -0.347. The van der Waals surface area contributed by atoms with E-state index in [4.69, 9.17) is 0 Å². The Balaban J connectivity index is 1.57. The molecule has 1 aliphatic heterocycles. The van der Waals surface area contributed by atoms with Crippen molar-refractivity contribution in [3.05, 3.63) is 55.9 Å². The van der Waals surface area contributed by atoms with E-state index in [9.17, 15) is 9.18 Å². The van der Waals surface area contributed by atoms with Crippen molar-refractivity contribution in [2.24, 2.45) is 5.92 Å². The first kappa shape index (κ1) is 15.9. The molecule has 0 bridgehead atoms. The number of thiophene rings is 1. The van der Waals surface area contributed by atoms with Gasteiger partial charge in [0.1, 0.15) is 5.82 Å². The van der Waals surface area contributed by atoms with E-state index < -0.39 is 0 Å². The van der Waals surface area contributed by atoms with Gasteiger partial charge in [-0.25, -0.2) is 4.39 Å². The molecular formula is C19H18FNOS2. The van der Waals surface area contributed by atoms with E-state index in [-0.39, 0.29) is 11.7 Å². The second-order valence-electron chi connectivity index (χ2n) is 6.46. The van der Waals surface area contributed by atoms with E-state index in [2.05, 4.69) is 12.2 Å². The molecule has 2 heterocycles. The largest absolute Gasteiger partial charge is 0.321 e. The van der Waals surface area contributed by atoms with Crippen LogP contribution < -0.4 is 5.32 Å². The van der Waals surface area contributed by atoms with Gasteiger partial charge in [-0.2, -0.15) is 0 Å². The molecule has 24 heavy (non-hydrogen) atoms. The molecule has 5 heteroatoms. The average molecular weight is 359 g/mol. The van der Waals surface area contributed by atoms with Crippen molar-refractivity contribution < 1.29 is 9.18 Å². The predicted molar refractivity (Wildman–Crippen MR) is 99.8 cm³/mol. The van der Waals surface area contributed by atoms with Crippen LogP contribution in [0.3, 0.4) is 0 Å². The fourth-order valence-electron chi connectivity index (χ4n) is 3.31. The van der Waals surface area contributed by atoms with Crippen LogP contribution >= 0.6 is 23.1 Å². The van der Waals surface area contributed by atoms with Crippen LogP contribution in [0, 0.1) is 11.7 Å². The average Bonchev–Trinajstić information content (AvgIpc) is 2.91. The molecule has 0 unspecified atom stereocenters. The molecule has 0 saturated heterocycles. The number of carbonyl (C=O) groups excluding carboxylic acids is 1. The molecule has 1 aromatic heterocycles. The Kier molecular flexibility index (Phi) is 4.22. The Bertz CT molecular complexity index is 840. The van der Waals surface area contributed by atoms with Gasteiger partial charge in [-0.3, -0.25) is 4.79 Å². The summed E-state index contributed by atoms with van der Waals surface area (Å²) in [6.45, 7) is 2.31. The fraction of sp³-hybridized carbons (Fsp3) is 0.316. The first-order chi connectivity index (χ1) is 11.6. The number of hydrogen-bond acceptors (Lipinski definition) is 3. The van der Waals surface area contributed by atoms with Gasteiger partial charge in [0.25, 0.3) is 5.91 Å². The lowest BCUT2D eigenvalue weighted by atomic mass is 9.88. The summed E-state index contributed by atoms with van der Waals surface area (Å²) >= 11 is 3.42. The SMILES string of the molecule is C[C@H]1CCc2c(sc3c2CSC(C(=O)Nc2cccc(F)c2)=C3)C1. The molecule has 1 aromatic carbocycles. The molecule has 2 aromatic rings. The molecular weight excluding hydrogens is 341 g/mol. The topological polar surface area (TPSA) is 29.1 Å². The summed E-state index contributed by atoms with van der Waals surface area (Å²) < 4.78 is 13.3. The predicted octanol–water partition coefficient (Wildman–Crippen LogP) is 5.24. The number of carbonyl (C=O) groups is 1. The zero-order valence-corrected chi connectivity index (χ0v) is 15.0. The van der Waals surface area contributed by atoms with Crippen LogP contribution in [0.25, 0.3) is 6.08 Å². The molecule has 0 radical (unpaired) electrons. The van der Waals surface area contributed by atoms with E-state index >= 15 is 0 Å². The Hall–Kier alpha value is -1.59. The minimum absolute atomic E-state index is 0.156. The number of benzene rings is 1. The number of amides is 1. The van der Waals surface area contributed by atoms with Crippen molar-refractivity contribution >= 4 is 40.8 Å². The molecule has 1 atom stereocenters. The molecule has 2 aliphatic rings. The highest BCUT2D eigenvalue weighted by molar-refractivity contribution is 8.03. The van der Waals surface area contributed by atoms with Gasteiger partial charge in [0.15, 0.2) is 0 Å². The number of halogens is 1. The second-order valence-corrected chi connectivity index (χ2v) is 8.61. The van der Waals surface area contributed by atoms with Crippen molar-refractivity contribution in [2.75, 3.05) is 5.32 Å². The summed E-state index contributed by atoms with van der Waals surface area (Å²) in [5, 5.41) is 2.79. The first-order valence-corrected chi connectivity index (χ1v) is 9.95.